The number of aromatic carboxylic acids is 6. The average Bonchev–Trinajstić information content (AvgIpc) is 2.81. The van der Waals surface area contributed by atoms with E-state index in [2.05, 4.69) is 0 Å². The number of carboxylic acid groups (broad SMARTS) is 6. The molecule has 0 aliphatic carbocycles. The van der Waals surface area contributed by atoms with E-state index in [9.17, 15) is 59.4 Å². The summed E-state index contributed by atoms with van der Waals surface area (Å²) in [7, 11) is 0. The molecular formula is C24H14O12. The van der Waals surface area contributed by atoms with Gasteiger partial charge < -0.3 is 30.6 Å². The summed E-state index contributed by atoms with van der Waals surface area (Å²) >= 11 is 0. The molecule has 0 aromatic heterocycles. The van der Waals surface area contributed by atoms with Gasteiger partial charge >= 0.3 is 35.8 Å². The molecule has 182 valence electrons. The first kappa shape index (κ1) is 25.1. The number of carbonyl (C=O) groups is 6. The zero-order valence-electron chi connectivity index (χ0n) is 17.8. The highest BCUT2D eigenvalue weighted by atomic mass is 16.4. The van der Waals surface area contributed by atoms with Crippen molar-refractivity contribution in [2.24, 2.45) is 0 Å². The van der Waals surface area contributed by atoms with Crippen molar-refractivity contribution < 1.29 is 59.4 Å². The summed E-state index contributed by atoms with van der Waals surface area (Å²) in [5.74, 6) is -10.0. The van der Waals surface area contributed by atoms with E-state index in [1.54, 1.807) is 0 Å². The van der Waals surface area contributed by atoms with Gasteiger partial charge in [0.05, 0.1) is 33.4 Å². The molecule has 0 atom stereocenters. The minimum atomic E-state index is -1.76. The van der Waals surface area contributed by atoms with Gasteiger partial charge in [-0.25, -0.2) is 28.8 Å². The Morgan fingerprint density at radius 3 is 1.00 bits per heavy atom. The standard InChI is InChI=1S/C24H14O12/c25-19(26)11-4-6-13(21(29)30)17(23(33)34)15(11)9-2-1-3-10(8-9)16-12(20(27)28)5-7-14(22(31)32)18(16)24(35)36/h1-8H,(H,25,26)(H,27,28)(H,29,30)(H,31,32)(H,33,34)(H,35,36). The topological polar surface area (TPSA) is 224 Å². The molecular weight excluding hydrogens is 480 g/mol. The monoisotopic (exact) mass is 494 g/mol. The second-order valence-electron chi connectivity index (χ2n) is 7.23. The molecule has 3 aromatic rings. The zero-order chi connectivity index (χ0) is 26.9. The molecule has 0 bridgehead atoms. The van der Waals surface area contributed by atoms with Crippen LogP contribution in [0.15, 0.2) is 48.5 Å². The third-order valence-corrected chi connectivity index (χ3v) is 5.20. The number of benzene rings is 3. The second kappa shape index (κ2) is 9.38. The quantitative estimate of drug-likeness (QED) is 0.265. The number of carboxylic acids is 6. The summed E-state index contributed by atoms with van der Waals surface area (Å²) in [6.07, 6.45) is 0. The predicted octanol–water partition coefficient (Wildman–Crippen LogP) is 3.21. The molecule has 0 radical (unpaired) electrons. The van der Waals surface area contributed by atoms with Crippen LogP contribution in [0.4, 0.5) is 0 Å². The third kappa shape index (κ3) is 4.33. The highest BCUT2D eigenvalue weighted by molar-refractivity contribution is 6.13. The summed E-state index contributed by atoms with van der Waals surface area (Å²) in [5, 5.41) is 57.5. The highest BCUT2D eigenvalue weighted by Gasteiger charge is 2.29. The first-order chi connectivity index (χ1) is 16.9. The summed E-state index contributed by atoms with van der Waals surface area (Å²) in [6, 6.07) is 8.09. The molecule has 3 rings (SSSR count). The summed E-state index contributed by atoms with van der Waals surface area (Å²) in [4.78, 5) is 70.9. The van der Waals surface area contributed by atoms with E-state index in [1.807, 2.05) is 0 Å². The fourth-order valence-corrected chi connectivity index (χ4v) is 3.79. The molecule has 0 unspecified atom stereocenters. The molecule has 0 spiro atoms. The van der Waals surface area contributed by atoms with Gasteiger partial charge in [0.1, 0.15) is 0 Å². The van der Waals surface area contributed by atoms with E-state index in [-0.39, 0.29) is 11.1 Å². The van der Waals surface area contributed by atoms with Crippen LogP contribution in [0.5, 0.6) is 0 Å². The highest BCUT2D eigenvalue weighted by Crippen LogP contribution is 2.36. The lowest BCUT2D eigenvalue weighted by Gasteiger charge is -2.16. The zero-order valence-corrected chi connectivity index (χ0v) is 17.8. The van der Waals surface area contributed by atoms with E-state index in [0.717, 1.165) is 30.3 Å². The molecule has 0 fully saturated rings. The van der Waals surface area contributed by atoms with Crippen molar-refractivity contribution >= 4 is 35.8 Å². The SMILES string of the molecule is O=C(O)c1ccc(C(=O)O)c(-c2cccc(-c3c(C(=O)O)ccc(C(=O)O)c3C(=O)O)c2)c1C(=O)O. The molecule has 36 heavy (non-hydrogen) atoms. The second-order valence-corrected chi connectivity index (χ2v) is 7.23. The summed E-state index contributed by atoms with van der Waals surface area (Å²) in [6.45, 7) is 0. The summed E-state index contributed by atoms with van der Waals surface area (Å²) in [5.41, 5.74) is -5.81. The Morgan fingerprint density at radius 1 is 0.417 bits per heavy atom. The van der Waals surface area contributed by atoms with Gasteiger partial charge in [-0.3, -0.25) is 0 Å². The minimum Gasteiger partial charge on any atom is -0.478 e. The van der Waals surface area contributed by atoms with Crippen LogP contribution in [0, 0.1) is 0 Å². The Hall–Kier alpha value is -5.52. The van der Waals surface area contributed by atoms with Crippen LogP contribution in [0.2, 0.25) is 0 Å². The first-order valence-corrected chi connectivity index (χ1v) is 9.71. The lowest BCUT2D eigenvalue weighted by atomic mass is 9.86. The van der Waals surface area contributed by atoms with Crippen LogP contribution in [0.25, 0.3) is 22.3 Å². The molecule has 0 amide bonds. The Bertz CT molecular complexity index is 1390. The Balaban J connectivity index is 2.49. The molecule has 6 N–H and O–H groups in total. The Labute approximate surface area is 199 Å². The lowest BCUT2D eigenvalue weighted by Crippen LogP contribution is -2.14. The Morgan fingerprint density at radius 2 is 0.722 bits per heavy atom. The van der Waals surface area contributed by atoms with Crippen molar-refractivity contribution in [3.8, 4) is 22.3 Å². The molecule has 0 saturated carbocycles. The van der Waals surface area contributed by atoms with Crippen LogP contribution in [-0.2, 0) is 0 Å². The molecule has 12 nitrogen and oxygen atoms in total. The van der Waals surface area contributed by atoms with Gasteiger partial charge in [0.15, 0.2) is 0 Å². The van der Waals surface area contributed by atoms with Gasteiger partial charge in [-0.1, -0.05) is 18.2 Å². The van der Waals surface area contributed by atoms with E-state index in [0.29, 0.717) is 0 Å². The summed E-state index contributed by atoms with van der Waals surface area (Å²) < 4.78 is 0. The predicted molar refractivity (Wildman–Crippen MR) is 119 cm³/mol. The molecule has 0 saturated heterocycles. The van der Waals surface area contributed by atoms with Crippen LogP contribution < -0.4 is 0 Å². The molecule has 0 aliphatic heterocycles. The number of rotatable bonds is 8. The normalized spacial score (nSPS) is 10.4. The van der Waals surface area contributed by atoms with E-state index in [1.165, 1.54) is 18.2 Å². The molecule has 0 heterocycles. The van der Waals surface area contributed by atoms with Gasteiger partial charge in [0.2, 0.25) is 0 Å². The fourth-order valence-electron chi connectivity index (χ4n) is 3.79. The van der Waals surface area contributed by atoms with E-state index < -0.39 is 80.3 Å². The van der Waals surface area contributed by atoms with Gasteiger partial charge in [-0.2, -0.15) is 0 Å². The maximum atomic E-state index is 12.0. The Kier molecular flexibility index (Phi) is 6.54. The molecule has 12 heteroatoms. The maximum Gasteiger partial charge on any atom is 0.337 e. The molecule has 0 aliphatic rings. The van der Waals surface area contributed by atoms with Crippen LogP contribution in [0.1, 0.15) is 62.1 Å². The van der Waals surface area contributed by atoms with Crippen LogP contribution in [0.3, 0.4) is 0 Å². The van der Waals surface area contributed by atoms with Gasteiger partial charge in [-0.15, -0.1) is 0 Å². The third-order valence-electron chi connectivity index (χ3n) is 5.20. The van der Waals surface area contributed by atoms with Gasteiger partial charge in [0.25, 0.3) is 0 Å². The van der Waals surface area contributed by atoms with Crippen molar-refractivity contribution in [3.05, 3.63) is 81.9 Å². The lowest BCUT2D eigenvalue weighted by molar-refractivity contribution is 0.0649. The van der Waals surface area contributed by atoms with E-state index in [4.69, 9.17) is 0 Å². The van der Waals surface area contributed by atoms with Crippen molar-refractivity contribution in [2.45, 2.75) is 0 Å². The number of hydrogen-bond donors (Lipinski definition) is 6. The molecule has 3 aromatic carbocycles. The minimum absolute atomic E-state index is 0.196. The fraction of sp³-hybridized carbons (Fsp3) is 0. The van der Waals surface area contributed by atoms with Crippen molar-refractivity contribution in [2.75, 3.05) is 0 Å². The largest absolute Gasteiger partial charge is 0.478 e. The van der Waals surface area contributed by atoms with Gasteiger partial charge in [0, 0.05) is 11.1 Å². The van der Waals surface area contributed by atoms with Crippen LogP contribution in [-0.4, -0.2) is 66.5 Å². The van der Waals surface area contributed by atoms with Crippen LogP contribution >= 0.6 is 0 Å². The van der Waals surface area contributed by atoms with Crippen molar-refractivity contribution in [1.82, 2.24) is 0 Å². The van der Waals surface area contributed by atoms with E-state index >= 15 is 0 Å². The smallest absolute Gasteiger partial charge is 0.337 e. The average molecular weight is 494 g/mol. The van der Waals surface area contributed by atoms with Crippen molar-refractivity contribution in [3.63, 3.8) is 0 Å². The number of hydrogen-bond acceptors (Lipinski definition) is 6. The maximum absolute atomic E-state index is 12.0. The van der Waals surface area contributed by atoms with Gasteiger partial charge in [-0.05, 0) is 41.5 Å². The first-order valence-electron chi connectivity index (χ1n) is 9.71. The van der Waals surface area contributed by atoms with Crippen molar-refractivity contribution in [1.29, 1.82) is 0 Å².